The van der Waals surface area contributed by atoms with Crippen LogP contribution in [0.2, 0.25) is 0 Å². The Morgan fingerprint density at radius 2 is 1.77 bits per heavy atom. The summed E-state index contributed by atoms with van der Waals surface area (Å²) in [4.78, 5) is 64.5. The lowest BCUT2D eigenvalue weighted by Gasteiger charge is -2.37. The molecular formula is C43H45F3N10O5. The number of aryl methyl sites for hydroxylation is 1. The minimum absolute atomic E-state index is 0.0192. The second-order valence-electron chi connectivity index (χ2n) is 15.5. The van der Waals surface area contributed by atoms with Crippen LogP contribution in [0.5, 0.6) is 5.75 Å². The number of methoxy groups -OCH3 is 1. The highest BCUT2D eigenvalue weighted by Crippen LogP contribution is 2.39. The number of carbonyl (C=O) groups is 4. The van der Waals surface area contributed by atoms with E-state index in [9.17, 15) is 19.2 Å². The third-order valence-corrected chi connectivity index (χ3v) is 11.4. The highest BCUT2D eigenvalue weighted by Gasteiger charge is 2.30. The Morgan fingerprint density at radius 1 is 0.984 bits per heavy atom. The number of benzene rings is 2. The molecule has 0 radical (unpaired) electrons. The summed E-state index contributed by atoms with van der Waals surface area (Å²) >= 11 is 0. The molecule has 3 N–H and O–H groups in total. The monoisotopic (exact) mass is 838 g/mol. The van der Waals surface area contributed by atoms with Gasteiger partial charge in [-0.2, -0.15) is 5.10 Å². The van der Waals surface area contributed by atoms with Gasteiger partial charge >= 0.3 is 0 Å². The summed E-state index contributed by atoms with van der Waals surface area (Å²) in [5.41, 5.74) is 2.18. The van der Waals surface area contributed by atoms with Gasteiger partial charge in [0.1, 0.15) is 29.0 Å². The second kappa shape index (κ2) is 17.0. The molecule has 61 heavy (non-hydrogen) atoms. The van der Waals surface area contributed by atoms with Crippen LogP contribution in [0.1, 0.15) is 41.7 Å². The quantitative estimate of drug-likeness (QED) is 0.158. The van der Waals surface area contributed by atoms with Gasteiger partial charge in [0.2, 0.25) is 17.7 Å². The third kappa shape index (κ3) is 8.34. The van der Waals surface area contributed by atoms with Gasteiger partial charge in [-0.1, -0.05) is 6.08 Å². The van der Waals surface area contributed by atoms with E-state index in [-0.39, 0.29) is 76.7 Å². The summed E-state index contributed by atoms with van der Waals surface area (Å²) in [7, 11) is 4.60. The fraction of sp³-hybridized carbons (Fsp3) is 0.349. The number of nitrogens with zero attached hydrogens (tertiary/aromatic N) is 7. The van der Waals surface area contributed by atoms with Crippen LogP contribution >= 0.6 is 0 Å². The first kappa shape index (κ1) is 40.9. The van der Waals surface area contributed by atoms with Gasteiger partial charge < -0.3 is 34.6 Å². The van der Waals surface area contributed by atoms with Crippen molar-refractivity contribution in [3.63, 3.8) is 0 Å². The fourth-order valence-corrected chi connectivity index (χ4v) is 8.09. The van der Waals surface area contributed by atoms with Crippen molar-refractivity contribution >= 4 is 57.2 Å². The van der Waals surface area contributed by atoms with Crippen molar-refractivity contribution in [2.24, 2.45) is 0 Å². The molecule has 0 bridgehead atoms. The lowest BCUT2D eigenvalue weighted by molar-refractivity contribution is -0.134. The van der Waals surface area contributed by atoms with Gasteiger partial charge in [-0.15, -0.1) is 0 Å². The number of aromatic nitrogens is 4. The van der Waals surface area contributed by atoms with E-state index in [0.29, 0.717) is 68.4 Å². The molecule has 4 amide bonds. The Labute approximate surface area is 349 Å². The standard InChI is InChI=1S/C43H45F3N10O5/c1-52(2)43(60)34-20-29-28(19-27(39(46)41(29)50-34)25-6-4-11-55(24-25)38(58)9-13-56-12-5-10-48-56)40-31(45)18-26(23-47-40)53-14-16-54(17-15-53)35-22-36(61-3)33(21-30(35)44)49-32-7-8-37(57)51-42(32)59/h5-6,10,12,18-23,32,49-50H,4,7-9,11,13-17,24H2,1-3H3,(H,51,57,59). The zero-order chi connectivity index (χ0) is 42.9. The largest absolute Gasteiger partial charge is 0.495 e. The lowest BCUT2D eigenvalue weighted by Crippen LogP contribution is -2.47. The Morgan fingerprint density at radius 3 is 2.48 bits per heavy atom. The summed E-state index contributed by atoms with van der Waals surface area (Å²) in [6, 6.07) is 8.31. The molecular weight excluding hydrogens is 794 g/mol. The number of hydrogen-bond donors (Lipinski definition) is 3. The normalized spacial score (nSPS) is 17.0. The number of nitrogens with one attached hydrogen (secondary N) is 3. The Bertz CT molecular complexity index is 2550. The van der Waals surface area contributed by atoms with E-state index >= 15 is 13.2 Å². The number of imide groups is 1. The predicted molar refractivity (Wildman–Crippen MR) is 223 cm³/mol. The number of amides is 4. The molecule has 6 heterocycles. The Balaban J connectivity index is 1.02. The number of hydrogen-bond acceptors (Lipinski definition) is 10. The first-order chi connectivity index (χ1) is 29.4. The van der Waals surface area contributed by atoms with Gasteiger partial charge in [-0.3, -0.25) is 34.2 Å². The topological polar surface area (TPSA) is 161 Å². The zero-order valence-electron chi connectivity index (χ0n) is 33.9. The Hall–Kier alpha value is -6.85. The smallest absolute Gasteiger partial charge is 0.269 e. The summed E-state index contributed by atoms with van der Waals surface area (Å²) in [6.45, 7) is 2.59. The molecule has 8 rings (SSSR count). The second-order valence-corrected chi connectivity index (χ2v) is 15.5. The van der Waals surface area contributed by atoms with Crippen LogP contribution in [-0.4, -0.2) is 120 Å². The number of pyridine rings is 1. The van der Waals surface area contributed by atoms with Gasteiger partial charge in [0.15, 0.2) is 11.6 Å². The molecule has 0 saturated carbocycles. The van der Waals surface area contributed by atoms with Crippen molar-refractivity contribution in [3.05, 3.63) is 89.8 Å². The van der Waals surface area contributed by atoms with E-state index in [1.54, 1.807) is 54.4 Å². The number of fused-ring (bicyclic) bond motifs is 1. The molecule has 5 aromatic rings. The highest BCUT2D eigenvalue weighted by atomic mass is 19.1. The van der Waals surface area contributed by atoms with E-state index < -0.39 is 35.3 Å². The minimum Gasteiger partial charge on any atom is -0.495 e. The average Bonchev–Trinajstić information content (AvgIpc) is 3.96. The summed E-state index contributed by atoms with van der Waals surface area (Å²) < 4.78 is 55.8. The number of rotatable bonds is 11. The van der Waals surface area contributed by atoms with Crippen LogP contribution in [0, 0.1) is 17.5 Å². The summed E-state index contributed by atoms with van der Waals surface area (Å²) in [6.07, 6.45) is 7.99. The molecule has 18 heteroatoms. The SMILES string of the molecule is COc1cc(N2CCN(c3cnc(-c4cc(C5=CCCN(C(=O)CCn6cccn6)C5)c(F)c5[nH]c(C(=O)N(C)C)cc45)c(F)c3)CC2)c(F)cc1NC1CCC(=O)NC1=O. The number of halogens is 3. The Kier molecular flexibility index (Phi) is 11.4. The minimum atomic E-state index is -0.717. The van der Waals surface area contributed by atoms with Gasteiger partial charge in [0.05, 0.1) is 35.9 Å². The van der Waals surface area contributed by atoms with E-state index in [1.165, 1.54) is 36.3 Å². The van der Waals surface area contributed by atoms with Crippen molar-refractivity contribution in [3.8, 4) is 17.0 Å². The third-order valence-electron chi connectivity index (χ3n) is 11.4. The number of piperazine rings is 1. The maximum atomic E-state index is 16.6. The number of anilines is 3. The van der Waals surface area contributed by atoms with Crippen LogP contribution in [0.3, 0.4) is 0 Å². The summed E-state index contributed by atoms with van der Waals surface area (Å²) in [5.74, 6) is -2.83. The number of H-pyrrole nitrogens is 1. The van der Waals surface area contributed by atoms with Gasteiger partial charge in [-0.25, -0.2) is 13.2 Å². The fourth-order valence-electron chi connectivity index (χ4n) is 8.09. The van der Waals surface area contributed by atoms with Crippen molar-refractivity contribution in [1.82, 2.24) is 34.9 Å². The number of piperidine rings is 1. The van der Waals surface area contributed by atoms with E-state index in [4.69, 9.17) is 4.74 Å². The molecule has 0 aliphatic carbocycles. The molecule has 3 aliphatic rings. The first-order valence-electron chi connectivity index (χ1n) is 20.0. The maximum absolute atomic E-state index is 16.6. The zero-order valence-corrected chi connectivity index (χ0v) is 33.9. The maximum Gasteiger partial charge on any atom is 0.269 e. The number of ether oxygens (including phenoxy) is 1. The lowest BCUT2D eigenvalue weighted by atomic mass is 9.94. The van der Waals surface area contributed by atoms with Crippen molar-refractivity contribution in [2.45, 2.75) is 38.3 Å². The molecule has 3 aromatic heterocycles. The van der Waals surface area contributed by atoms with Gasteiger partial charge in [-0.05, 0) is 36.6 Å². The molecule has 15 nitrogen and oxygen atoms in total. The molecule has 1 unspecified atom stereocenters. The van der Waals surface area contributed by atoms with Gasteiger partial charge in [0.25, 0.3) is 5.91 Å². The van der Waals surface area contributed by atoms with Crippen LogP contribution in [0.25, 0.3) is 27.7 Å². The van der Waals surface area contributed by atoms with E-state index in [1.807, 2.05) is 15.9 Å². The van der Waals surface area contributed by atoms with Crippen molar-refractivity contribution in [1.29, 1.82) is 0 Å². The first-order valence-corrected chi connectivity index (χ1v) is 20.0. The van der Waals surface area contributed by atoms with Crippen LogP contribution in [0.15, 0.2) is 61.1 Å². The van der Waals surface area contributed by atoms with E-state index in [0.717, 1.165) is 0 Å². The predicted octanol–water partition coefficient (Wildman–Crippen LogP) is 4.80. The molecule has 1 atom stereocenters. The van der Waals surface area contributed by atoms with Crippen LogP contribution < -0.4 is 25.2 Å². The van der Waals surface area contributed by atoms with Crippen molar-refractivity contribution in [2.75, 3.05) is 75.6 Å². The molecule has 2 aromatic carbocycles. The van der Waals surface area contributed by atoms with Gasteiger partial charge in [0, 0.05) is 120 Å². The average molecular weight is 839 g/mol. The van der Waals surface area contributed by atoms with Crippen LogP contribution in [-0.2, 0) is 20.9 Å². The van der Waals surface area contributed by atoms with E-state index in [2.05, 4.69) is 25.7 Å². The van der Waals surface area contributed by atoms with Crippen molar-refractivity contribution < 1.29 is 37.1 Å². The molecule has 0 spiro atoms. The number of aromatic amines is 1. The number of carbonyl (C=O) groups excluding carboxylic acids is 4. The molecule has 2 saturated heterocycles. The summed E-state index contributed by atoms with van der Waals surface area (Å²) in [5, 5.41) is 9.71. The molecule has 3 aliphatic heterocycles. The molecule has 2 fully saturated rings. The highest BCUT2D eigenvalue weighted by molar-refractivity contribution is 6.04. The molecule has 318 valence electrons. The van der Waals surface area contributed by atoms with Crippen LogP contribution in [0.4, 0.5) is 30.2 Å².